The molecule has 0 aromatic carbocycles. The summed E-state index contributed by atoms with van der Waals surface area (Å²) in [6, 6.07) is 1.54. The summed E-state index contributed by atoms with van der Waals surface area (Å²) >= 11 is 0. The normalized spacial score (nSPS) is 24.0. The molecule has 1 heterocycles. The molecular formula is C11H16F2N2O2. The molecule has 0 aliphatic carbocycles. The van der Waals surface area contributed by atoms with Gasteiger partial charge in [0.25, 0.3) is 5.92 Å². The Morgan fingerprint density at radius 3 is 2.59 bits per heavy atom. The molecule has 17 heavy (non-hydrogen) atoms. The Morgan fingerprint density at radius 2 is 2.12 bits per heavy atom. The molecule has 1 atom stereocenters. The number of likely N-dealkylation sites (tertiary alicyclic amines) is 1. The van der Waals surface area contributed by atoms with Gasteiger partial charge in [-0.2, -0.15) is 5.26 Å². The second kappa shape index (κ2) is 4.47. The standard InChI is InChI=1S/C11H16F2N2O2/c1-10(2,3)17-9(16)15-5-4-11(12,13)8(6-14)7-15/h8H,4-5,7H2,1-3H3. The zero-order valence-corrected chi connectivity index (χ0v) is 10.2. The Kier molecular flexibility index (Phi) is 3.60. The van der Waals surface area contributed by atoms with E-state index in [9.17, 15) is 13.6 Å². The molecule has 0 N–H and O–H groups in total. The van der Waals surface area contributed by atoms with Crippen LogP contribution in [0.1, 0.15) is 27.2 Å². The van der Waals surface area contributed by atoms with Gasteiger partial charge in [0.2, 0.25) is 0 Å². The quantitative estimate of drug-likeness (QED) is 0.659. The fraction of sp³-hybridized carbons (Fsp3) is 0.818. The average molecular weight is 246 g/mol. The van der Waals surface area contributed by atoms with Gasteiger partial charge in [0, 0.05) is 19.5 Å². The number of nitrogens with zero attached hydrogens (tertiary/aromatic N) is 2. The molecular weight excluding hydrogens is 230 g/mol. The van der Waals surface area contributed by atoms with Gasteiger partial charge in [-0.3, -0.25) is 0 Å². The summed E-state index contributed by atoms with van der Waals surface area (Å²) in [6.45, 7) is 4.74. The van der Waals surface area contributed by atoms with Crippen molar-refractivity contribution >= 4 is 6.09 Å². The molecule has 1 rings (SSSR count). The number of carbonyl (C=O) groups is 1. The van der Waals surface area contributed by atoms with Crippen LogP contribution >= 0.6 is 0 Å². The number of piperidine rings is 1. The minimum absolute atomic E-state index is 0.0832. The van der Waals surface area contributed by atoms with Crippen LogP contribution < -0.4 is 0 Å². The van der Waals surface area contributed by atoms with Crippen LogP contribution in [0.3, 0.4) is 0 Å². The molecule has 6 heteroatoms. The predicted octanol–water partition coefficient (Wildman–Crippen LogP) is 2.40. The molecule has 1 aliphatic rings. The summed E-state index contributed by atoms with van der Waals surface area (Å²) in [6.07, 6.45) is -1.14. The topological polar surface area (TPSA) is 53.3 Å². The Bertz CT molecular complexity index is 344. The van der Waals surface area contributed by atoms with Crippen LogP contribution in [-0.4, -0.2) is 35.6 Å². The molecule has 0 aromatic rings. The molecule has 1 unspecified atom stereocenters. The zero-order chi connectivity index (χ0) is 13.3. The fourth-order valence-corrected chi connectivity index (χ4v) is 1.53. The number of ether oxygens (including phenoxy) is 1. The fourth-order valence-electron chi connectivity index (χ4n) is 1.53. The Hall–Kier alpha value is -1.38. The van der Waals surface area contributed by atoms with Gasteiger partial charge in [-0.05, 0) is 20.8 Å². The molecule has 1 fully saturated rings. The van der Waals surface area contributed by atoms with E-state index in [-0.39, 0.29) is 13.1 Å². The molecule has 0 bridgehead atoms. The van der Waals surface area contributed by atoms with Crippen molar-refractivity contribution in [3.05, 3.63) is 0 Å². The SMILES string of the molecule is CC(C)(C)OC(=O)N1CCC(F)(F)C(C#N)C1. The largest absolute Gasteiger partial charge is 0.444 e. The third-order valence-corrected chi connectivity index (χ3v) is 2.44. The molecule has 0 aromatic heterocycles. The van der Waals surface area contributed by atoms with E-state index in [1.807, 2.05) is 0 Å². The van der Waals surface area contributed by atoms with Gasteiger partial charge >= 0.3 is 6.09 Å². The summed E-state index contributed by atoms with van der Waals surface area (Å²) in [5, 5.41) is 8.65. The van der Waals surface area contributed by atoms with E-state index in [0.717, 1.165) is 4.90 Å². The first-order valence-electron chi connectivity index (χ1n) is 5.41. The summed E-state index contributed by atoms with van der Waals surface area (Å²) < 4.78 is 31.6. The molecule has 0 saturated carbocycles. The minimum Gasteiger partial charge on any atom is -0.444 e. The minimum atomic E-state index is -3.02. The van der Waals surface area contributed by atoms with E-state index >= 15 is 0 Å². The van der Waals surface area contributed by atoms with Crippen LogP contribution in [0.4, 0.5) is 13.6 Å². The van der Waals surface area contributed by atoms with E-state index in [1.165, 1.54) is 0 Å². The van der Waals surface area contributed by atoms with Crippen LogP contribution in [0, 0.1) is 17.2 Å². The monoisotopic (exact) mass is 246 g/mol. The second-order valence-corrected chi connectivity index (χ2v) is 5.12. The lowest BCUT2D eigenvalue weighted by Gasteiger charge is -2.35. The lowest BCUT2D eigenvalue weighted by Crippen LogP contribution is -2.50. The Balaban J connectivity index is 2.65. The van der Waals surface area contributed by atoms with Crippen molar-refractivity contribution in [1.29, 1.82) is 5.26 Å². The molecule has 0 spiro atoms. The van der Waals surface area contributed by atoms with Gasteiger partial charge < -0.3 is 9.64 Å². The highest BCUT2D eigenvalue weighted by atomic mass is 19.3. The van der Waals surface area contributed by atoms with Gasteiger partial charge in [-0.1, -0.05) is 0 Å². The van der Waals surface area contributed by atoms with Crippen molar-refractivity contribution in [3.63, 3.8) is 0 Å². The van der Waals surface area contributed by atoms with Gasteiger partial charge in [-0.25, -0.2) is 13.6 Å². The van der Waals surface area contributed by atoms with Gasteiger partial charge in [0.1, 0.15) is 11.5 Å². The van der Waals surface area contributed by atoms with Gasteiger partial charge in [0.05, 0.1) is 6.07 Å². The number of alkyl halides is 2. The van der Waals surface area contributed by atoms with E-state index in [4.69, 9.17) is 10.00 Å². The van der Waals surface area contributed by atoms with E-state index in [2.05, 4.69) is 0 Å². The van der Waals surface area contributed by atoms with Crippen molar-refractivity contribution in [2.24, 2.45) is 5.92 Å². The highest BCUT2D eigenvalue weighted by molar-refractivity contribution is 5.68. The maximum absolute atomic E-state index is 13.2. The Labute approximate surface area is 99.1 Å². The maximum atomic E-state index is 13.2. The van der Waals surface area contributed by atoms with Crippen molar-refractivity contribution in [3.8, 4) is 6.07 Å². The van der Waals surface area contributed by atoms with E-state index in [1.54, 1.807) is 26.8 Å². The number of hydrogen-bond donors (Lipinski definition) is 0. The number of nitriles is 1. The summed E-state index contributed by atoms with van der Waals surface area (Å²) in [4.78, 5) is 12.8. The number of hydrogen-bond acceptors (Lipinski definition) is 3. The highest BCUT2D eigenvalue weighted by Crippen LogP contribution is 2.33. The van der Waals surface area contributed by atoms with Crippen molar-refractivity contribution < 1.29 is 18.3 Å². The van der Waals surface area contributed by atoms with Crippen LogP contribution in [0.25, 0.3) is 0 Å². The van der Waals surface area contributed by atoms with Crippen LogP contribution in [-0.2, 0) is 4.74 Å². The Morgan fingerprint density at radius 1 is 1.53 bits per heavy atom. The van der Waals surface area contributed by atoms with E-state index in [0.29, 0.717) is 0 Å². The first kappa shape index (κ1) is 13.7. The lowest BCUT2D eigenvalue weighted by molar-refractivity contribution is -0.0860. The summed E-state index contributed by atoms with van der Waals surface area (Å²) in [7, 11) is 0. The molecule has 96 valence electrons. The van der Waals surface area contributed by atoms with Crippen molar-refractivity contribution in [2.75, 3.05) is 13.1 Å². The first-order chi connectivity index (χ1) is 7.65. The zero-order valence-electron chi connectivity index (χ0n) is 10.2. The van der Waals surface area contributed by atoms with Crippen molar-refractivity contribution in [2.45, 2.75) is 38.7 Å². The molecule has 4 nitrogen and oxygen atoms in total. The third kappa shape index (κ3) is 3.55. The van der Waals surface area contributed by atoms with Crippen molar-refractivity contribution in [1.82, 2.24) is 4.90 Å². The number of halogens is 2. The van der Waals surface area contributed by atoms with Crippen LogP contribution in [0.5, 0.6) is 0 Å². The number of amides is 1. The number of carbonyl (C=O) groups excluding carboxylic acids is 1. The molecule has 1 aliphatic heterocycles. The molecule has 1 amide bonds. The number of rotatable bonds is 0. The van der Waals surface area contributed by atoms with Crippen LogP contribution in [0.2, 0.25) is 0 Å². The molecule has 0 radical (unpaired) electrons. The predicted molar refractivity (Wildman–Crippen MR) is 56.5 cm³/mol. The second-order valence-electron chi connectivity index (χ2n) is 5.12. The first-order valence-corrected chi connectivity index (χ1v) is 5.41. The van der Waals surface area contributed by atoms with Crippen LogP contribution in [0.15, 0.2) is 0 Å². The summed E-state index contributed by atoms with van der Waals surface area (Å²) in [5.74, 6) is -4.48. The maximum Gasteiger partial charge on any atom is 0.410 e. The smallest absolute Gasteiger partial charge is 0.410 e. The van der Waals surface area contributed by atoms with E-state index < -0.39 is 30.0 Å². The summed E-state index contributed by atoms with van der Waals surface area (Å²) in [5.41, 5.74) is -0.667. The van der Waals surface area contributed by atoms with Gasteiger partial charge in [-0.15, -0.1) is 0 Å². The highest BCUT2D eigenvalue weighted by Gasteiger charge is 2.46. The van der Waals surface area contributed by atoms with Gasteiger partial charge in [0.15, 0.2) is 0 Å². The lowest BCUT2D eigenvalue weighted by atomic mass is 9.95. The third-order valence-electron chi connectivity index (χ3n) is 2.44. The molecule has 1 saturated heterocycles. The average Bonchev–Trinajstić information content (AvgIpc) is 2.14.